The van der Waals surface area contributed by atoms with E-state index in [0.717, 1.165) is 32.2 Å². The summed E-state index contributed by atoms with van der Waals surface area (Å²) in [7, 11) is 0. The van der Waals surface area contributed by atoms with Crippen LogP contribution in [0.3, 0.4) is 0 Å². The number of likely N-dealkylation sites (tertiary alicyclic amines) is 3. The van der Waals surface area contributed by atoms with E-state index >= 15 is 0 Å². The number of piperidine rings is 3. The second kappa shape index (κ2) is 9.37. The highest BCUT2D eigenvalue weighted by atomic mass is 16.2. The third-order valence-corrected chi connectivity index (χ3v) is 7.86. The smallest absolute Gasteiger partial charge is 0.325 e. The summed E-state index contributed by atoms with van der Waals surface area (Å²) in [5, 5.41) is 2.95. The van der Waals surface area contributed by atoms with Gasteiger partial charge in [-0.05, 0) is 52.0 Å². The molecule has 4 fully saturated rings. The first kappa shape index (κ1) is 23.0. The Morgan fingerprint density at radius 1 is 0.969 bits per heavy atom. The van der Waals surface area contributed by atoms with E-state index in [2.05, 4.69) is 17.1 Å². The first-order valence-corrected chi connectivity index (χ1v) is 12.3. The number of nitrogens with zero attached hydrogens (tertiary/aromatic N) is 4. The second-order valence-corrected chi connectivity index (χ2v) is 9.87. The Bertz CT molecular complexity index is 763. The third kappa shape index (κ3) is 4.36. The van der Waals surface area contributed by atoms with Crippen LogP contribution >= 0.6 is 0 Å². The van der Waals surface area contributed by atoms with Crippen molar-refractivity contribution in [3.8, 4) is 0 Å². The van der Waals surface area contributed by atoms with Crippen molar-refractivity contribution in [2.45, 2.75) is 82.8 Å². The van der Waals surface area contributed by atoms with E-state index in [-0.39, 0.29) is 29.8 Å². The molecule has 9 nitrogen and oxygen atoms in total. The van der Waals surface area contributed by atoms with Crippen LogP contribution in [0.4, 0.5) is 4.79 Å². The molecular weight excluding hydrogens is 410 g/mol. The predicted octanol–water partition coefficient (Wildman–Crippen LogP) is 1.17. The number of carbonyl (C=O) groups excluding carboxylic acids is 4. The fourth-order valence-corrected chi connectivity index (χ4v) is 5.73. The minimum Gasteiger partial charge on any atom is -0.343 e. The minimum atomic E-state index is -0.906. The van der Waals surface area contributed by atoms with Crippen molar-refractivity contribution in [2.24, 2.45) is 0 Å². The Morgan fingerprint density at radius 2 is 1.72 bits per heavy atom. The summed E-state index contributed by atoms with van der Waals surface area (Å²) in [4.78, 5) is 58.5. The van der Waals surface area contributed by atoms with Crippen molar-refractivity contribution in [2.75, 3.05) is 39.3 Å². The largest absolute Gasteiger partial charge is 0.343 e. The molecule has 4 heterocycles. The molecule has 4 aliphatic rings. The van der Waals surface area contributed by atoms with E-state index in [0.29, 0.717) is 58.0 Å². The normalized spacial score (nSPS) is 28.9. The first-order valence-electron chi connectivity index (χ1n) is 12.3. The molecule has 2 unspecified atom stereocenters. The highest BCUT2D eigenvalue weighted by molar-refractivity contribution is 6.07. The van der Waals surface area contributed by atoms with E-state index in [1.165, 1.54) is 11.3 Å². The lowest BCUT2D eigenvalue weighted by atomic mass is 9.87. The highest BCUT2D eigenvalue weighted by Crippen LogP contribution is 2.32. The molecule has 178 valence electrons. The van der Waals surface area contributed by atoms with Crippen LogP contribution in [0.2, 0.25) is 0 Å². The monoisotopic (exact) mass is 447 g/mol. The molecule has 0 aromatic rings. The molecule has 4 aliphatic heterocycles. The Balaban J connectivity index is 1.38. The lowest BCUT2D eigenvalue weighted by Crippen LogP contribution is -2.57. The van der Waals surface area contributed by atoms with Gasteiger partial charge >= 0.3 is 6.03 Å². The predicted molar refractivity (Wildman–Crippen MR) is 119 cm³/mol. The average molecular weight is 448 g/mol. The van der Waals surface area contributed by atoms with Gasteiger partial charge in [0.15, 0.2) is 0 Å². The lowest BCUT2D eigenvalue weighted by molar-refractivity contribution is -0.141. The van der Waals surface area contributed by atoms with Crippen molar-refractivity contribution in [3.63, 3.8) is 0 Å². The summed E-state index contributed by atoms with van der Waals surface area (Å²) in [5.74, 6) is -0.00964. The summed E-state index contributed by atoms with van der Waals surface area (Å²) in [5.41, 5.74) is -0.906. The van der Waals surface area contributed by atoms with Crippen molar-refractivity contribution in [1.29, 1.82) is 0 Å². The Labute approximate surface area is 190 Å². The van der Waals surface area contributed by atoms with E-state index < -0.39 is 5.54 Å². The number of carbonyl (C=O) groups is 4. The molecule has 0 bridgehead atoms. The number of hydrogen-bond donors (Lipinski definition) is 1. The standard InChI is InChI=1S/C23H37N5O4/c1-3-19(29)25-13-9-23(10-14-25)21(31)28(22(32)24-23)18-8-6-12-27(15-18)20(30)16-26-11-5-4-7-17(26)2/h17-18H,3-16H2,1-2H3,(H,24,32). The van der Waals surface area contributed by atoms with Crippen LogP contribution in [-0.4, -0.2) is 100 Å². The zero-order valence-electron chi connectivity index (χ0n) is 19.5. The summed E-state index contributed by atoms with van der Waals surface area (Å²) >= 11 is 0. The molecule has 0 radical (unpaired) electrons. The maximum absolute atomic E-state index is 13.4. The summed E-state index contributed by atoms with van der Waals surface area (Å²) < 4.78 is 0. The fourth-order valence-electron chi connectivity index (χ4n) is 5.73. The highest BCUT2D eigenvalue weighted by Gasteiger charge is 2.54. The van der Waals surface area contributed by atoms with Gasteiger partial charge in [-0.2, -0.15) is 0 Å². The average Bonchev–Trinajstić information content (AvgIpc) is 3.04. The molecule has 0 aliphatic carbocycles. The van der Waals surface area contributed by atoms with Crippen molar-refractivity contribution < 1.29 is 19.2 Å². The zero-order valence-corrected chi connectivity index (χ0v) is 19.5. The Hall–Kier alpha value is -2.16. The van der Waals surface area contributed by atoms with Gasteiger partial charge in [0.25, 0.3) is 5.91 Å². The van der Waals surface area contributed by atoms with E-state index in [4.69, 9.17) is 0 Å². The van der Waals surface area contributed by atoms with Gasteiger partial charge < -0.3 is 15.1 Å². The van der Waals surface area contributed by atoms with Crippen LogP contribution in [0.5, 0.6) is 0 Å². The number of rotatable bonds is 4. The van der Waals surface area contributed by atoms with Gasteiger partial charge in [0, 0.05) is 38.6 Å². The molecule has 4 saturated heterocycles. The van der Waals surface area contributed by atoms with Crippen LogP contribution in [0, 0.1) is 0 Å². The molecule has 2 atom stereocenters. The molecule has 32 heavy (non-hydrogen) atoms. The van der Waals surface area contributed by atoms with E-state index in [1.807, 2.05) is 11.8 Å². The van der Waals surface area contributed by atoms with Crippen LogP contribution in [0.15, 0.2) is 0 Å². The molecule has 0 aromatic heterocycles. The summed E-state index contributed by atoms with van der Waals surface area (Å²) in [6.45, 7) is 7.44. The molecule has 4 rings (SSSR count). The number of hydrogen-bond acceptors (Lipinski definition) is 5. The first-order chi connectivity index (χ1) is 15.3. The topological polar surface area (TPSA) is 93.3 Å². The number of nitrogens with one attached hydrogen (secondary N) is 1. The maximum atomic E-state index is 13.4. The van der Waals surface area contributed by atoms with Gasteiger partial charge in [0.2, 0.25) is 11.8 Å². The Kier molecular flexibility index (Phi) is 6.74. The SMILES string of the molecule is CCC(=O)N1CCC2(CC1)NC(=O)N(C1CCCN(C(=O)CN3CCCCC3C)C1)C2=O. The molecule has 5 amide bonds. The van der Waals surface area contributed by atoms with Gasteiger partial charge in [-0.15, -0.1) is 0 Å². The van der Waals surface area contributed by atoms with Crippen molar-refractivity contribution >= 4 is 23.8 Å². The van der Waals surface area contributed by atoms with Crippen LogP contribution in [0.25, 0.3) is 0 Å². The van der Waals surface area contributed by atoms with Gasteiger partial charge in [-0.3, -0.25) is 24.2 Å². The van der Waals surface area contributed by atoms with Crippen LogP contribution in [0.1, 0.15) is 65.2 Å². The molecule has 0 saturated carbocycles. The van der Waals surface area contributed by atoms with Crippen LogP contribution < -0.4 is 5.32 Å². The molecular formula is C23H37N5O4. The number of imide groups is 1. The van der Waals surface area contributed by atoms with Gasteiger partial charge in [0.1, 0.15) is 5.54 Å². The fraction of sp³-hybridized carbons (Fsp3) is 0.826. The van der Waals surface area contributed by atoms with Gasteiger partial charge in [-0.1, -0.05) is 13.3 Å². The number of amides is 5. The van der Waals surface area contributed by atoms with Gasteiger partial charge in [-0.25, -0.2) is 4.79 Å². The Morgan fingerprint density at radius 3 is 2.41 bits per heavy atom. The third-order valence-electron chi connectivity index (χ3n) is 7.86. The zero-order chi connectivity index (χ0) is 22.9. The van der Waals surface area contributed by atoms with Gasteiger partial charge in [0.05, 0.1) is 12.6 Å². The summed E-state index contributed by atoms with van der Waals surface area (Å²) in [6.07, 6.45) is 6.32. The van der Waals surface area contributed by atoms with E-state index in [9.17, 15) is 19.2 Å². The lowest BCUT2D eigenvalue weighted by Gasteiger charge is -2.40. The molecule has 1 spiro atoms. The molecule has 1 N–H and O–H groups in total. The second-order valence-electron chi connectivity index (χ2n) is 9.87. The summed E-state index contributed by atoms with van der Waals surface area (Å²) in [6, 6.07) is -0.215. The quantitative estimate of drug-likeness (QED) is 0.653. The maximum Gasteiger partial charge on any atom is 0.325 e. The molecule has 0 aromatic carbocycles. The number of urea groups is 1. The van der Waals surface area contributed by atoms with Crippen molar-refractivity contribution in [1.82, 2.24) is 24.9 Å². The van der Waals surface area contributed by atoms with E-state index in [1.54, 1.807) is 4.90 Å². The van der Waals surface area contributed by atoms with Crippen molar-refractivity contribution in [3.05, 3.63) is 0 Å². The van der Waals surface area contributed by atoms with Crippen LogP contribution in [-0.2, 0) is 14.4 Å². The molecule has 9 heteroatoms. The minimum absolute atomic E-state index is 0.0814.